The second-order valence-electron chi connectivity index (χ2n) is 12.6. The van der Waals surface area contributed by atoms with E-state index in [1.165, 1.54) is 5.56 Å². The Kier molecular flexibility index (Phi) is 11.7. The number of nitrogens with one attached hydrogen (secondary N) is 1. The van der Waals surface area contributed by atoms with Crippen molar-refractivity contribution in [1.82, 2.24) is 10.2 Å². The van der Waals surface area contributed by atoms with Crippen molar-refractivity contribution in [3.05, 3.63) is 100 Å². The van der Waals surface area contributed by atoms with Gasteiger partial charge in [-0.25, -0.2) is 4.79 Å². The smallest absolute Gasteiger partial charge is 0.430 e. The van der Waals surface area contributed by atoms with Gasteiger partial charge in [0.25, 0.3) is 11.5 Å². The van der Waals surface area contributed by atoms with Crippen LogP contribution in [0, 0.1) is 0 Å². The molecule has 6 nitrogen and oxygen atoms in total. The number of alkyl halides is 6. The minimum Gasteiger partial charge on any atom is -0.493 e. The van der Waals surface area contributed by atoms with Crippen LogP contribution in [0.5, 0.6) is 5.75 Å². The van der Waals surface area contributed by atoms with E-state index in [1.54, 1.807) is 26.8 Å². The summed E-state index contributed by atoms with van der Waals surface area (Å²) in [4.78, 5) is 27.6. The number of imide groups is 1. The lowest BCUT2D eigenvalue weighted by atomic mass is 9.87. The molecule has 0 aliphatic carbocycles. The van der Waals surface area contributed by atoms with Gasteiger partial charge in [0.2, 0.25) is 0 Å². The van der Waals surface area contributed by atoms with Crippen molar-refractivity contribution < 1.29 is 45.8 Å². The van der Waals surface area contributed by atoms with Crippen LogP contribution in [0.3, 0.4) is 0 Å². The maximum absolute atomic E-state index is 13.7. The summed E-state index contributed by atoms with van der Waals surface area (Å²) in [6.45, 7) is 5.24. The van der Waals surface area contributed by atoms with Crippen molar-refractivity contribution in [2.75, 3.05) is 13.2 Å². The molecular weight excluding hydrogens is 650 g/mol. The molecule has 1 unspecified atom stereocenters. The Morgan fingerprint density at radius 1 is 0.776 bits per heavy atom. The topological polar surface area (TPSA) is 78.9 Å². The highest BCUT2D eigenvalue weighted by atomic mass is 19.4. The van der Waals surface area contributed by atoms with E-state index in [4.69, 9.17) is 4.74 Å². The van der Waals surface area contributed by atoms with Crippen molar-refractivity contribution in [1.29, 1.82) is 0 Å². The first-order valence-corrected chi connectivity index (χ1v) is 16.5. The van der Waals surface area contributed by atoms with Gasteiger partial charge in [0, 0.05) is 12.1 Å². The number of hydrogen-bond acceptors (Lipinski definition) is 4. The number of benzene rings is 3. The third kappa shape index (κ3) is 8.06. The second kappa shape index (κ2) is 15.2. The average molecular weight is 693 g/mol. The lowest BCUT2D eigenvalue weighted by Crippen LogP contribution is -2.54. The molecule has 1 atom stereocenters. The van der Waals surface area contributed by atoms with E-state index in [0.717, 1.165) is 35.4 Å². The van der Waals surface area contributed by atoms with Gasteiger partial charge < -0.3 is 15.2 Å². The van der Waals surface area contributed by atoms with E-state index in [9.17, 15) is 41.0 Å². The Hall–Kier alpha value is -4.06. The molecule has 49 heavy (non-hydrogen) atoms. The number of halogens is 6. The van der Waals surface area contributed by atoms with Gasteiger partial charge in [0.1, 0.15) is 11.3 Å². The molecule has 0 saturated carbocycles. The minimum absolute atomic E-state index is 0.0416. The molecule has 1 heterocycles. The van der Waals surface area contributed by atoms with Gasteiger partial charge >= 0.3 is 18.4 Å². The maximum Gasteiger partial charge on any atom is 0.430 e. The van der Waals surface area contributed by atoms with Gasteiger partial charge in [0.15, 0.2) is 0 Å². The van der Waals surface area contributed by atoms with Crippen LogP contribution in [-0.2, 0) is 41.6 Å². The summed E-state index contributed by atoms with van der Waals surface area (Å²) in [6, 6.07) is 18.5. The van der Waals surface area contributed by atoms with Crippen LogP contribution in [0.15, 0.2) is 66.7 Å². The van der Waals surface area contributed by atoms with Crippen molar-refractivity contribution in [2.24, 2.45) is 0 Å². The SMILES string of the molecule is CCCc1cc(C(O)(C(F)(F)F)C(F)(F)F)cc(CCC)c1OCCCCN1C(=O)NC(C)(c2cccc(CCc3ccccc3)c2)C1=O. The fourth-order valence-corrected chi connectivity index (χ4v) is 6.16. The standard InChI is InChI=1S/C37H42F6N2O4/c1-4-12-27-23-30(35(48,36(38,39)40)37(41,42)43)24-28(13-5-2)31(27)49-21-10-9-20-45-32(46)34(3,44-33(45)47)29-17-11-16-26(22-29)19-18-25-14-7-6-8-15-25/h6-8,11,14-17,22-24,48H,4-5,9-10,12-13,18-21H2,1-3H3,(H,44,47). The largest absolute Gasteiger partial charge is 0.493 e. The molecule has 1 aliphatic rings. The van der Waals surface area contributed by atoms with Crippen molar-refractivity contribution in [2.45, 2.75) is 95.6 Å². The minimum atomic E-state index is -6.00. The van der Waals surface area contributed by atoms with Gasteiger partial charge in [-0.1, -0.05) is 81.3 Å². The normalized spacial score (nSPS) is 17.1. The zero-order valence-corrected chi connectivity index (χ0v) is 27.8. The third-order valence-electron chi connectivity index (χ3n) is 8.87. The molecule has 3 amide bonds. The number of hydrogen-bond donors (Lipinski definition) is 2. The first kappa shape index (κ1) is 37.8. The van der Waals surface area contributed by atoms with E-state index in [-0.39, 0.29) is 42.9 Å². The summed E-state index contributed by atoms with van der Waals surface area (Å²) in [7, 11) is 0. The van der Waals surface area contributed by atoms with Crippen LogP contribution in [-0.4, -0.2) is 47.4 Å². The second-order valence-corrected chi connectivity index (χ2v) is 12.6. The van der Waals surface area contributed by atoms with Crippen LogP contribution < -0.4 is 10.1 Å². The van der Waals surface area contributed by atoms with Crippen LogP contribution in [0.1, 0.15) is 79.8 Å². The molecule has 2 N–H and O–H groups in total. The van der Waals surface area contributed by atoms with Gasteiger partial charge in [-0.2, -0.15) is 26.3 Å². The summed E-state index contributed by atoms with van der Waals surface area (Å²) < 4.78 is 88.1. The van der Waals surface area contributed by atoms with E-state index >= 15 is 0 Å². The van der Waals surface area contributed by atoms with Crippen LogP contribution in [0.2, 0.25) is 0 Å². The lowest BCUT2D eigenvalue weighted by molar-refractivity contribution is -0.376. The van der Waals surface area contributed by atoms with Gasteiger partial charge in [-0.15, -0.1) is 0 Å². The highest BCUT2D eigenvalue weighted by molar-refractivity contribution is 6.07. The summed E-state index contributed by atoms with van der Waals surface area (Å²) in [5.41, 5.74) is -4.44. The summed E-state index contributed by atoms with van der Waals surface area (Å²) in [6.07, 6.45) is -8.67. The van der Waals surface area contributed by atoms with Crippen LogP contribution >= 0.6 is 0 Å². The van der Waals surface area contributed by atoms with E-state index in [1.807, 2.05) is 36.4 Å². The maximum atomic E-state index is 13.7. The number of urea groups is 1. The predicted molar refractivity (Wildman–Crippen MR) is 173 cm³/mol. The van der Waals surface area contributed by atoms with Crippen LogP contribution in [0.4, 0.5) is 31.1 Å². The lowest BCUT2D eigenvalue weighted by Gasteiger charge is -2.33. The Bertz CT molecular complexity index is 1570. The first-order chi connectivity index (χ1) is 23.1. The predicted octanol–water partition coefficient (Wildman–Crippen LogP) is 8.32. The molecule has 3 aromatic carbocycles. The zero-order valence-electron chi connectivity index (χ0n) is 27.8. The number of ether oxygens (including phenoxy) is 1. The fraction of sp³-hybridized carbons (Fsp3) is 0.459. The number of nitrogens with zero attached hydrogens (tertiary/aromatic N) is 1. The monoisotopic (exact) mass is 692 g/mol. The summed E-state index contributed by atoms with van der Waals surface area (Å²) in [5.74, 6) is -0.208. The average Bonchev–Trinajstić information content (AvgIpc) is 3.27. The Balaban J connectivity index is 1.43. The van der Waals surface area contributed by atoms with Crippen molar-refractivity contribution >= 4 is 11.9 Å². The van der Waals surface area contributed by atoms with Crippen LogP contribution in [0.25, 0.3) is 0 Å². The van der Waals surface area contributed by atoms with E-state index in [2.05, 4.69) is 17.4 Å². The quantitative estimate of drug-likeness (QED) is 0.0955. The van der Waals surface area contributed by atoms with Gasteiger partial charge in [-0.3, -0.25) is 9.69 Å². The van der Waals surface area contributed by atoms with Crippen molar-refractivity contribution in [3.63, 3.8) is 0 Å². The highest BCUT2D eigenvalue weighted by Gasteiger charge is 2.71. The molecular formula is C37H42F6N2O4. The number of aryl methyl sites for hydroxylation is 4. The number of carbonyl (C=O) groups is 2. The number of rotatable bonds is 15. The fourth-order valence-electron chi connectivity index (χ4n) is 6.16. The zero-order chi connectivity index (χ0) is 36.0. The molecule has 1 fully saturated rings. The number of aliphatic hydroxyl groups is 1. The van der Waals surface area contributed by atoms with Gasteiger partial charge in [-0.05, 0) is 85.4 Å². The Morgan fingerprint density at radius 3 is 1.92 bits per heavy atom. The molecule has 0 bridgehead atoms. The Labute approximate surface area is 282 Å². The molecule has 0 spiro atoms. The molecule has 0 aromatic heterocycles. The highest BCUT2D eigenvalue weighted by Crippen LogP contribution is 2.51. The summed E-state index contributed by atoms with van der Waals surface area (Å²) in [5, 5.41) is 12.9. The molecule has 4 rings (SSSR count). The first-order valence-electron chi connectivity index (χ1n) is 16.5. The van der Waals surface area contributed by atoms with Crippen molar-refractivity contribution in [3.8, 4) is 5.75 Å². The number of unbranched alkanes of at least 4 members (excludes halogenated alkanes) is 1. The van der Waals surface area contributed by atoms with Gasteiger partial charge in [0.05, 0.1) is 6.61 Å². The molecule has 1 aliphatic heterocycles. The number of carbonyl (C=O) groups excluding carboxylic acids is 2. The molecule has 266 valence electrons. The van der Waals surface area contributed by atoms with E-state index < -0.39 is 41.0 Å². The molecule has 1 saturated heterocycles. The third-order valence-corrected chi connectivity index (χ3v) is 8.87. The Morgan fingerprint density at radius 2 is 1.35 bits per heavy atom. The molecule has 3 aromatic rings. The van der Waals surface area contributed by atoms with E-state index in [0.29, 0.717) is 31.2 Å². The molecule has 12 heteroatoms. The molecule has 0 radical (unpaired) electrons. The summed E-state index contributed by atoms with van der Waals surface area (Å²) >= 11 is 0. The number of amides is 3.